The number of benzene rings is 2. The number of halogens is 1. The van der Waals surface area contributed by atoms with Crippen molar-refractivity contribution >= 4 is 16.9 Å². The highest BCUT2D eigenvalue weighted by atomic mass is 19.1. The number of pyridine rings is 1. The Balaban J connectivity index is 2.19. The van der Waals surface area contributed by atoms with Gasteiger partial charge in [0, 0.05) is 10.9 Å². The average Bonchev–Trinajstić information content (AvgIpc) is 2.60. The van der Waals surface area contributed by atoms with Crippen LogP contribution in [0.3, 0.4) is 0 Å². The van der Waals surface area contributed by atoms with E-state index < -0.39 is 11.8 Å². The van der Waals surface area contributed by atoms with E-state index in [2.05, 4.69) is 4.98 Å². The maximum Gasteiger partial charge on any atom is 0.336 e. The maximum atomic E-state index is 14.0. The Labute approximate surface area is 143 Å². The van der Waals surface area contributed by atoms with E-state index in [0.717, 1.165) is 0 Å². The quantitative estimate of drug-likeness (QED) is 0.755. The zero-order valence-corrected chi connectivity index (χ0v) is 13.7. The number of hydrogen-bond donors (Lipinski definition) is 1. The average molecular weight is 341 g/mol. The maximum absolute atomic E-state index is 14.0. The van der Waals surface area contributed by atoms with Crippen molar-refractivity contribution < 1.29 is 23.8 Å². The SMILES string of the molecule is CCOc1ccc2nc(-c3ccc(OC)c(F)c3)cc(C(=O)O)c2c1. The van der Waals surface area contributed by atoms with Crippen LogP contribution in [0, 0.1) is 5.82 Å². The molecule has 5 nitrogen and oxygen atoms in total. The number of rotatable bonds is 5. The van der Waals surface area contributed by atoms with Crippen molar-refractivity contribution in [2.75, 3.05) is 13.7 Å². The number of aromatic carboxylic acids is 1. The molecular weight excluding hydrogens is 325 g/mol. The van der Waals surface area contributed by atoms with E-state index in [1.807, 2.05) is 6.92 Å². The predicted molar refractivity (Wildman–Crippen MR) is 91.8 cm³/mol. The summed E-state index contributed by atoms with van der Waals surface area (Å²) in [7, 11) is 1.38. The molecule has 0 aliphatic rings. The van der Waals surface area contributed by atoms with Gasteiger partial charge in [-0.3, -0.25) is 0 Å². The molecule has 0 radical (unpaired) electrons. The van der Waals surface area contributed by atoms with Crippen molar-refractivity contribution in [1.82, 2.24) is 4.98 Å². The Hall–Kier alpha value is -3.15. The largest absolute Gasteiger partial charge is 0.494 e. The summed E-state index contributed by atoms with van der Waals surface area (Å²) in [5.74, 6) is -0.936. The van der Waals surface area contributed by atoms with Crippen LogP contribution in [0.15, 0.2) is 42.5 Å². The summed E-state index contributed by atoms with van der Waals surface area (Å²) in [5.41, 5.74) is 1.42. The molecule has 2 aromatic carbocycles. The van der Waals surface area contributed by atoms with Gasteiger partial charge in [0.05, 0.1) is 30.5 Å². The normalized spacial score (nSPS) is 10.7. The highest BCUT2D eigenvalue weighted by molar-refractivity contribution is 6.04. The fraction of sp³-hybridized carbons (Fsp3) is 0.158. The van der Waals surface area contributed by atoms with Gasteiger partial charge in [-0.1, -0.05) is 0 Å². The molecule has 6 heteroatoms. The van der Waals surface area contributed by atoms with Crippen molar-refractivity contribution in [2.24, 2.45) is 0 Å². The molecule has 1 aromatic heterocycles. The van der Waals surface area contributed by atoms with Gasteiger partial charge in [0.1, 0.15) is 5.75 Å². The van der Waals surface area contributed by atoms with Gasteiger partial charge in [0.25, 0.3) is 0 Å². The first kappa shape index (κ1) is 16.7. The summed E-state index contributed by atoms with van der Waals surface area (Å²) in [6.07, 6.45) is 0. The minimum atomic E-state index is -1.09. The molecule has 0 unspecified atom stereocenters. The lowest BCUT2D eigenvalue weighted by Gasteiger charge is -2.10. The zero-order valence-electron chi connectivity index (χ0n) is 13.7. The lowest BCUT2D eigenvalue weighted by atomic mass is 10.0. The van der Waals surface area contributed by atoms with Crippen LogP contribution in [0.25, 0.3) is 22.2 Å². The lowest BCUT2D eigenvalue weighted by Crippen LogP contribution is -2.01. The molecule has 0 spiro atoms. The summed E-state index contributed by atoms with van der Waals surface area (Å²) in [6, 6.07) is 10.9. The molecule has 0 saturated carbocycles. The van der Waals surface area contributed by atoms with Crippen LogP contribution in [-0.4, -0.2) is 29.8 Å². The molecule has 0 aliphatic carbocycles. The number of fused-ring (bicyclic) bond motifs is 1. The van der Waals surface area contributed by atoms with E-state index in [1.54, 1.807) is 24.3 Å². The molecule has 0 aliphatic heterocycles. The fourth-order valence-electron chi connectivity index (χ4n) is 2.61. The summed E-state index contributed by atoms with van der Waals surface area (Å²) >= 11 is 0. The van der Waals surface area contributed by atoms with Crippen LogP contribution in [-0.2, 0) is 0 Å². The molecule has 3 aromatic rings. The number of aromatic nitrogens is 1. The van der Waals surface area contributed by atoms with E-state index >= 15 is 0 Å². The molecule has 25 heavy (non-hydrogen) atoms. The van der Waals surface area contributed by atoms with Gasteiger partial charge in [-0.15, -0.1) is 0 Å². The first-order chi connectivity index (χ1) is 12.0. The van der Waals surface area contributed by atoms with E-state index in [0.29, 0.717) is 34.5 Å². The molecule has 0 amide bonds. The van der Waals surface area contributed by atoms with Gasteiger partial charge >= 0.3 is 5.97 Å². The van der Waals surface area contributed by atoms with E-state index in [-0.39, 0.29) is 11.3 Å². The lowest BCUT2D eigenvalue weighted by molar-refractivity contribution is 0.0699. The van der Waals surface area contributed by atoms with E-state index in [1.165, 1.54) is 25.3 Å². The number of carboxylic acids is 1. The number of methoxy groups -OCH3 is 1. The fourth-order valence-corrected chi connectivity index (χ4v) is 2.61. The summed E-state index contributed by atoms with van der Waals surface area (Å²) < 4.78 is 24.3. The third-order valence-electron chi connectivity index (χ3n) is 3.77. The number of nitrogens with zero attached hydrogens (tertiary/aromatic N) is 1. The van der Waals surface area contributed by atoms with Crippen molar-refractivity contribution in [3.8, 4) is 22.8 Å². The molecule has 1 heterocycles. The van der Waals surface area contributed by atoms with Crippen molar-refractivity contribution in [3.05, 3.63) is 53.8 Å². The molecule has 0 saturated heterocycles. The summed E-state index contributed by atoms with van der Waals surface area (Å²) in [6.45, 7) is 2.33. The minimum absolute atomic E-state index is 0.0813. The van der Waals surface area contributed by atoms with Gasteiger partial charge < -0.3 is 14.6 Å². The van der Waals surface area contributed by atoms with Gasteiger partial charge in [-0.2, -0.15) is 0 Å². The second-order valence-electron chi connectivity index (χ2n) is 5.32. The third kappa shape index (κ3) is 3.24. The standard InChI is InChI=1S/C19H16FNO4/c1-3-25-12-5-6-16-13(9-12)14(19(22)23)10-17(21-16)11-4-7-18(24-2)15(20)8-11/h4-10H,3H2,1-2H3,(H,22,23). The Bertz CT molecular complexity index is 956. The van der Waals surface area contributed by atoms with Crippen molar-refractivity contribution in [3.63, 3.8) is 0 Å². The minimum Gasteiger partial charge on any atom is -0.494 e. The summed E-state index contributed by atoms with van der Waals surface area (Å²) in [4.78, 5) is 16.1. The Morgan fingerprint density at radius 2 is 2.00 bits per heavy atom. The molecule has 0 atom stereocenters. The molecule has 1 N–H and O–H groups in total. The van der Waals surface area contributed by atoms with Gasteiger partial charge in [-0.05, 0) is 49.4 Å². The number of hydrogen-bond acceptors (Lipinski definition) is 4. The first-order valence-electron chi connectivity index (χ1n) is 7.68. The number of ether oxygens (including phenoxy) is 2. The highest BCUT2D eigenvalue weighted by Gasteiger charge is 2.15. The Morgan fingerprint density at radius 1 is 1.20 bits per heavy atom. The van der Waals surface area contributed by atoms with E-state index in [4.69, 9.17) is 9.47 Å². The highest BCUT2D eigenvalue weighted by Crippen LogP contribution is 2.30. The van der Waals surface area contributed by atoms with Crippen molar-refractivity contribution in [2.45, 2.75) is 6.92 Å². The number of carbonyl (C=O) groups is 1. The topological polar surface area (TPSA) is 68.7 Å². The van der Waals surface area contributed by atoms with Crippen LogP contribution in [0.2, 0.25) is 0 Å². The van der Waals surface area contributed by atoms with Crippen LogP contribution in [0.5, 0.6) is 11.5 Å². The Morgan fingerprint density at radius 3 is 2.64 bits per heavy atom. The summed E-state index contributed by atoms with van der Waals surface area (Å²) in [5, 5.41) is 10.0. The molecule has 0 bridgehead atoms. The Kier molecular flexibility index (Phi) is 4.52. The second kappa shape index (κ2) is 6.76. The van der Waals surface area contributed by atoms with E-state index in [9.17, 15) is 14.3 Å². The zero-order chi connectivity index (χ0) is 18.0. The monoisotopic (exact) mass is 341 g/mol. The number of carboxylic acid groups (broad SMARTS) is 1. The predicted octanol–water partition coefficient (Wildman–Crippen LogP) is 4.15. The molecule has 0 fully saturated rings. The van der Waals surface area contributed by atoms with Crippen LogP contribution in [0.4, 0.5) is 4.39 Å². The van der Waals surface area contributed by atoms with Gasteiger partial charge in [0.15, 0.2) is 11.6 Å². The molecule has 3 rings (SSSR count). The molecule has 128 valence electrons. The van der Waals surface area contributed by atoms with Crippen molar-refractivity contribution in [1.29, 1.82) is 0 Å². The van der Waals surface area contributed by atoms with Gasteiger partial charge in [0.2, 0.25) is 0 Å². The van der Waals surface area contributed by atoms with Crippen LogP contribution < -0.4 is 9.47 Å². The van der Waals surface area contributed by atoms with Crippen LogP contribution >= 0.6 is 0 Å². The molecular formula is C19H16FNO4. The smallest absolute Gasteiger partial charge is 0.336 e. The second-order valence-corrected chi connectivity index (χ2v) is 5.32. The first-order valence-corrected chi connectivity index (χ1v) is 7.68. The van der Waals surface area contributed by atoms with Crippen LogP contribution in [0.1, 0.15) is 17.3 Å². The third-order valence-corrected chi connectivity index (χ3v) is 3.77. The van der Waals surface area contributed by atoms with Gasteiger partial charge in [-0.25, -0.2) is 14.2 Å².